The summed E-state index contributed by atoms with van der Waals surface area (Å²) >= 11 is 6.11. The molecule has 2 aromatic rings. The van der Waals surface area contributed by atoms with E-state index in [1.54, 1.807) is 12.1 Å². The average molecular weight is 289 g/mol. The normalized spacial score (nSPS) is 11.9. The number of carbonyl (C=O) groups is 1. The summed E-state index contributed by atoms with van der Waals surface area (Å²) in [5, 5.41) is 3.61. The molecule has 1 atom stereocenters. The summed E-state index contributed by atoms with van der Waals surface area (Å²) in [5.74, 6) is -0.0396. The monoisotopic (exact) mass is 288 g/mol. The van der Waals surface area contributed by atoms with Crippen LogP contribution in [0.2, 0.25) is 5.02 Å². The van der Waals surface area contributed by atoms with E-state index >= 15 is 0 Å². The molecule has 0 unspecified atom stereocenters. The van der Waals surface area contributed by atoms with E-state index < -0.39 is 0 Å². The standard InChI is InChI=1S/C16H17ClN2O/c1-11(14-4-2-3-5-15(14)17)19-16(20)10-12-6-8-13(18)9-7-12/h2-9,11H,10,18H2,1H3,(H,19,20)/t11-/m1/s1. The maximum atomic E-state index is 12.0. The molecule has 0 aliphatic rings. The van der Waals surface area contributed by atoms with Gasteiger partial charge < -0.3 is 11.1 Å². The second-order valence-corrected chi connectivity index (χ2v) is 5.14. The number of halogens is 1. The van der Waals surface area contributed by atoms with E-state index in [4.69, 9.17) is 17.3 Å². The highest BCUT2D eigenvalue weighted by Crippen LogP contribution is 2.22. The van der Waals surface area contributed by atoms with Gasteiger partial charge >= 0.3 is 0 Å². The Morgan fingerprint density at radius 2 is 1.85 bits per heavy atom. The minimum atomic E-state index is -0.120. The van der Waals surface area contributed by atoms with Gasteiger partial charge in [-0.25, -0.2) is 0 Å². The zero-order chi connectivity index (χ0) is 14.5. The Hall–Kier alpha value is -2.00. The zero-order valence-electron chi connectivity index (χ0n) is 11.3. The summed E-state index contributed by atoms with van der Waals surface area (Å²) in [4.78, 5) is 12.0. The summed E-state index contributed by atoms with van der Waals surface area (Å²) in [7, 11) is 0. The van der Waals surface area contributed by atoms with Crippen LogP contribution in [0, 0.1) is 0 Å². The van der Waals surface area contributed by atoms with Crippen molar-refractivity contribution in [3.05, 3.63) is 64.7 Å². The third-order valence-electron chi connectivity index (χ3n) is 3.09. The zero-order valence-corrected chi connectivity index (χ0v) is 12.0. The van der Waals surface area contributed by atoms with Crippen molar-refractivity contribution in [1.29, 1.82) is 0 Å². The fourth-order valence-corrected chi connectivity index (χ4v) is 2.32. The van der Waals surface area contributed by atoms with Crippen LogP contribution in [0.15, 0.2) is 48.5 Å². The van der Waals surface area contributed by atoms with Crippen molar-refractivity contribution in [2.75, 3.05) is 5.73 Å². The molecule has 0 radical (unpaired) electrons. The topological polar surface area (TPSA) is 55.1 Å². The minimum absolute atomic E-state index is 0.0396. The summed E-state index contributed by atoms with van der Waals surface area (Å²) in [5.41, 5.74) is 8.16. The number of hydrogen-bond donors (Lipinski definition) is 2. The largest absolute Gasteiger partial charge is 0.399 e. The number of carbonyl (C=O) groups excluding carboxylic acids is 1. The van der Waals surface area contributed by atoms with Gasteiger partial charge in [0.25, 0.3) is 0 Å². The highest BCUT2D eigenvalue weighted by molar-refractivity contribution is 6.31. The molecule has 0 aliphatic heterocycles. The van der Waals surface area contributed by atoms with Crippen LogP contribution in [0.5, 0.6) is 0 Å². The van der Waals surface area contributed by atoms with Crippen LogP contribution in [-0.2, 0) is 11.2 Å². The van der Waals surface area contributed by atoms with Crippen LogP contribution in [0.1, 0.15) is 24.1 Å². The third-order valence-corrected chi connectivity index (χ3v) is 3.44. The maximum Gasteiger partial charge on any atom is 0.224 e. The summed E-state index contributed by atoms with van der Waals surface area (Å²) in [6, 6.07) is 14.7. The molecule has 0 bridgehead atoms. The van der Waals surface area contributed by atoms with E-state index in [9.17, 15) is 4.79 Å². The van der Waals surface area contributed by atoms with Gasteiger partial charge in [-0.05, 0) is 36.2 Å². The van der Waals surface area contributed by atoms with Gasteiger partial charge in [0.05, 0.1) is 12.5 Å². The molecule has 0 fully saturated rings. The van der Waals surface area contributed by atoms with Crippen molar-refractivity contribution in [1.82, 2.24) is 5.32 Å². The highest BCUT2D eigenvalue weighted by Gasteiger charge is 2.12. The van der Waals surface area contributed by atoms with E-state index in [2.05, 4.69) is 5.32 Å². The Morgan fingerprint density at radius 3 is 2.50 bits per heavy atom. The molecule has 0 heterocycles. The Morgan fingerprint density at radius 1 is 1.20 bits per heavy atom. The lowest BCUT2D eigenvalue weighted by Crippen LogP contribution is -2.28. The van der Waals surface area contributed by atoms with Gasteiger partial charge in [0.15, 0.2) is 0 Å². The maximum absolute atomic E-state index is 12.0. The number of amides is 1. The number of nitrogens with two attached hydrogens (primary N) is 1. The molecule has 0 aliphatic carbocycles. The van der Waals surface area contributed by atoms with Gasteiger partial charge in [-0.15, -0.1) is 0 Å². The summed E-state index contributed by atoms with van der Waals surface area (Å²) in [6.45, 7) is 1.92. The lowest BCUT2D eigenvalue weighted by molar-refractivity contribution is -0.121. The number of hydrogen-bond acceptors (Lipinski definition) is 2. The average Bonchev–Trinajstić information content (AvgIpc) is 2.41. The lowest BCUT2D eigenvalue weighted by atomic mass is 10.1. The quantitative estimate of drug-likeness (QED) is 0.848. The van der Waals surface area contributed by atoms with Crippen LogP contribution >= 0.6 is 11.6 Å². The van der Waals surface area contributed by atoms with Crippen LogP contribution in [0.25, 0.3) is 0 Å². The second kappa shape index (κ2) is 6.44. The van der Waals surface area contributed by atoms with E-state index in [0.717, 1.165) is 11.1 Å². The molecule has 4 heteroatoms. The third kappa shape index (κ3) is 3.75. The molecule has 2 aromatic carbocycles. The lowest BCUT2D eigenvalue weighted by Gasteiger charge is -2.15. The van der Waals surface area contributed by atoms with Gasteiger partial charge in [-0.3, -0.25) is 4.79 Å². The molecule has 0 spiro atoms. The molecule has 3 N–H and O–H groups in total. The highest BCUT2D eigenvalue weighted by atomic mass is 35.5. The molecule has 0 saturated heterocycles. The Labute approximate surface area is 123 Å². The first-order valence-corrected chi connectivity index (χ1v) is 6.82. The van der Waals surface area contributed by atoms with E-state index in [1.807, 2.05) is 43.3 Å². The fraction of sp³-hybridized carbons (Fsp3) is 0.188. The van der Waals surface area contributed by atoms with E-state index in [0.29, 0.717) is 17.1 Å². The molecule has 3 nitrogen and oxygen atoms in total. The first-order chi connectivity index (χ1) is 9.56. The molecule has 2 rings (SSSR count). The van der Waals surface area contributed by atoms with Crippen molar-refractivity contribution >= 4 is 23.2 Å². The fourth-order valence-electron chi connectivity index (χ4n) is 2.02. The predicted molar refractivity (Wildman–Crippen MR) is 82.6 cm³/mol. The molecular weight excluding hydrogens is 272 g/mol. The van der Waals surface area contributed by atoms with Gasteiger partial charge in [0.2, 0.25) is 5.91 Å². The number of anilines is 1. The van der Waals surface area contributed by atoms with Crippen LogP contribution < -0.4 is 11.1 Å². The molecule has 20 heavy (non-hydrogen) atoms. The van der Waals surface area contributed by atoms with Crippen LogP contribution in [-0.4, -0.2) is 5.91 Å². The van der Waals surface area contributed by atoms with Gasteiger partial charge in [-0.1, -0.05) is 41.9 Å². The number of rotatable bonds is 4. The molecular formula is C16H17ClN2O. The Kier molecular flexibility index (Phi) is 4.64. The van der Waals surface area contributed by atoms with Crippen LogP contribution in [0.4, 0.5) is 5.69 Å². The Balaban J connectivity index is 1.98. The molecule has 1 amide bonds. The van der Waals surface area contributed by atoms with Crippen molar-refractivity contribution in [2.24, 2.45) is 0 Å². The summed E-state index contributed by atoms with van der Waals surface area (Å²) in [6.07, 6.45) is 0.328. The van der Waals surface area contributed by atoms with E-state index in [-0.39, 0.29) is 11.9 Å². The summed E-state index contributed by atoms with van der Waals surface area (Å²) < 4.78 is 0. The minimum Gasteiger partial charge on any atom is -0.399 e. The Bertz CT molecular complexity index is 596. The predicted octanol–water partition coefficient (Wildman–Crippen LogP) is 3.34. The number of benzene rings is 2. The van der Waals surface area contributed by atoms with Crippen molar-refractivity contribution < 1.29 is 4.79 Å². The van der Waals surface area contributed by atoms with Gasteiger partial charge in [0.1, 0.15) is 0 Å². The molecule has 0 saturated carbocycles. The van der Waals surface area contributed by atoms with Gasteiger partial charge in [0, 0.05) is 10.7 Å². The smallest absolute Gasteiger partial charge is 0.224 e. The molecule has 0 aromatic heterocycles. The number of nitrogen functional groups attached to an aromatic ring is 1. The second-order valence-electron chi connectivity index (χ2n) is 4.73. The SMILES string of the molecule is C[C@@H](NC(=O)Cc1ccc(N)cc1)c1ccccc1Cl. The van der Waals surface area contributed by atoms with Crippen molar-refractivity contribution in [3.8, 4) is 0 Å². The van der Waals surface area contributed by atoms with Gasteiger partial charge in [-0.2, -0.15) is 0 Å². The molecule has 104 valence electrons. The first-order valence-electron chi connectivity index (χ1n) is 6.44. The van der Waals surface area contributed by atoms with Crippen LogP contribution in [0.3, 0.4) is 0 Å². The van der Waals surface area contributed by atoms with E-state index in [1.165, 1.54) is 0 Å². The van der Waals surface area contributed by atoms with Crippen molar-refractivity contribution in [3.63, 3.8) is 0 Å². The van der Waals surface area contributed by atoms with Crippen molar-refractivity contribution in [2.45, 2.75) is 19.4 Å². The first kappa shape index (κ1) is 14.4. The number of nitrogens with one attached hydrogen (secondary N) is 1.